The number of hydrogen-bond donors (Lipinski definition) is 3. The summed E-state index contributed by atoms with van der Waals surface area (Å²) in [5.74, 6) is 10.1. The van der Waals surface area contributed by atoms with Gasteiger partial charge in [-0.05, 0) is 24.3 Å². The average molecular weight is 298 g/mol. The third-order valence-electron chi connectivity index (χ3n) is 1.99. The van der Waals surface area contributed by atoms with Gasteiger partial charge in [-0.15, -0.1) is 0 Å². The van der Waals surface area contributed by atoms with E-state index in [4.69, 9.17) is 16.8 Å². The van der Waals surface area contributed by atoms with E-state index in [9.17, 15) is 9.59 Å². The van der Waals surface area contributed by atoms with E-state index in [1.807, 2.05) is 13.8 Å². The van der Waals surface area contributed by atoms with Crippen molar-refractivity contribution in [3.63, 3.8) is 0 Å². The Balaban J connectivity index is 0.00000172. The molecule has 0 atom stereocenters. The maximum absolute atomic E-state index is 10.7. The highest BCUT2D eigenvalue weighted by Crippen LogP contribution is 2.16. The van der Waals surface area contributed by atoms with Gasteiger partial charge in [0.25, 0.3) is 0 Å². The van der Waals surface area contributed by atoms with Crippen molar-refractivity contribution in [2.45, 2.75) is 13.8 Å². The van der Waals surface area contributed by atoms with Crippen LogP contribution in [0.2, 0.25) is 0 Å². The molecule has 8 heteroatoms. The second-order valence-electron chi connectivity index (χ2n) is 3.11. The fraction of sp³-hybridized carbons (Fsp3) is 0.250. The summed E-state index contributed by atoms with van der Waals surface area (Å²) in [5, 5.41) is 13.7. The van der Waals surface area contributed by atoms with E-state index in [1.54, 1.807) is 0 Å². The molecule has 0 saturated heterocycles. The highest BCUT2D eigenvalue weighted by molar-refractivity contribution is 8.14. The first-order valence-corrected chi connectivity index (χ1v) is 6.81. The Hall–Kier alpha value is -2.06. The van der Waals surface area contributed by atoms with E-state index in [0.717, 1.165) is 11.8 Å². The lowest BCUT2D eigenvalue weighted by Gasteiger charge is -2.18. The Morgan fingerprint density at radius 1 is 1.40 bits per heavy atom. The predicted octanol–water partition coefficient (Wildman–Crippen LogP) is 1.25. The molecule has 1 aromatic carbocycles. The number of hydrogen-bond acceptors (Lipinski definition) is 6. The van der Waals surface area contributed by atoms with Crippen LogP contribution >= 0.6 is 11.8 Å². The Kier molecular flexibility index (Phi) is 8.80. The highest BCUT2D eigenvalue weighted by atomic mass is 32.2. The lowest BCUT2D eigenvalue weighted by molar-refractivity contribution is -0.105. The fourth-order valence-corrected chi connectivity index (χ4v) is 1.69. The topological polar surface area (TPSA) is 122 Å². The zero-order valence-electron chi connectivity index (χ0n) is 11.3. The Bertz CT molecular complexity index is 462. The molecule has 0 spiro atoms. The van der Waals surface area contributed by atoms with E-state index >= 15 is 0 Å². The van der Waals surface area contributed by atoms with Crippen LogP contribution in [0, 0.1) is 0 Å². The van der Waals surface area contributed by atoms with Crippen molar-refractivity contribution in [1.82, 2.24) is 0 Å². The molecule has 20 heavy (non-hydrogen) atoms. The number of amidine groups is 1. The maximum Gasteiger partial charge on any atom is 0.335 e. The zero-order chi connectivity index (χ0) is 15.5. The molecule has 0 aliphatic heterocycles. The molecule has 5 N–H and O–H groups in total. The summed E-state index contributed by atoms with van der Waals surface area (Å²) in [4.78, 5) is 20.9. The highest BCUT2D eigenvalue weighted by Gasteiger charge is 2.11. The van der Waals surface area contributed by atoms with Crippen molar-refractivity contribution in [3.05, 3.63) is 29.8 Å². The molecule has 0 fully saturated rings. The Labute approximate surface area is 121 Å². The van der Waals surface area contributed by atoms with Crippen LogP contribution in [0.1, 0.15) is 24.2 Å². The van der Waals surface area contributed by atoms with Crippen molar-refractivity contribution >= 4 is 34.9 Å². The van der Waals surface area contributed by atoms with Gasteiger partial charge in [0.1, 0.15) is 6.29 Å². The molecule has 0 unspecified atom stereocenters. The van der Waals surface area contributed by atoms with Crippen LogP contribution < -0.4 is 16.7 Å². The van der Waals surface area contributed by atoms with Gasteiger partial charge >= 0.3 is 5.97 Å². The normalized spacial score (nSPS) is 10.2. The second kappa shape index (κ2) is 9.82. The molecule has 1 rings (SSSR count). The van der Waals surface area contributed by atoms with Gasteiger partial charge in [0.2, 0.25) is 5.17 Å². The van der Waals surface area contributed by atoms with Crippen LogP contribution in [0.25, 0.3) is 0 Å². The molecular formula is C12H18N4O3S. The second-order valence-corrected chi connectivity index (χ2v) is 4.10. The van der Waals surface area contributed by atoms with Gasteiger partial charge in [0.15, 0.2) is 0 Å². The van der Waals surface area contributed by atoms with Gasteiger partial charge in [-0.25, -0.2) is 10.6 Å². The largest absolute Gasteiger partial charge is 0.478 e. The van der Waals surface area contributed by atoms with E-state index in [-0.39, 0.29) is 16.5 Å². The third-order valence-corrected chi connectivity index (χ3v) is 2.85. The number of carboxylic acids is 1. The van der Waals surface area contributed by atoms with Crippen LogP contribution in [0.3, 0.4) is 0 Å². The van der Waals surface area contributed by atoms with E-state index < -0.39 is 5.97 Å². The number of nitrogens with two attached hydrogens (primary N) is 2. The van der Waals surface area contributed by atoms with Crippen molar-refractivity contribution in [1.29, 1.82) is 0 Å². The van der Waals surface area contributed by atoms with Gasteiger partial charge in [-0.3, -0.25) is 5.01 Å². The Morgan fingerprint density at radius 2 is 1.95 bits per heavy atom. The molecule has 0 aliphatic rings. The quantitative estimate of drug-likeness (QED) is 0.251. The minimum Gasteiger partial charge on any atom is -0.478 e. The molecule has 0 bridgehead atoms. The number of aldehydes is 1. The first kappa shape index (κ1) is 17.9. The standard InChI is InChI=1S/C10H12N4O3S.C2H6/c11-13-10(18-6-5-15)14(12)8-3-1-7(2-4-8)9(16)17;1-2/h1-5H,6,11-12H2,(H,16,17);1-2H3/b13-10+;. The number of nitrogens with zero attached hydrogens (tertiary/aromatic N) is 2. The predicted molar refractivity (Wildman–Crippen MR) is 81.6 cm³/mol. The summed E-state index contributed by atoms with van der Waals surface area (Å²) in [6, 6.07) is 5.87. The van der Waals surface area contributed by atoms with Crippen molar-refractivity contribution < 1.29 is 14.7 Å². The first-order chi connectivity index (χ1) is 9.60. The molecular weight excluding hydrogens is 280 g/mol. The minimum atomic E-state index is -1.02. The molecule has 0 saturated carbocycles. The van der Waals surface area contributed by atoms with E-state index in [1.165, 1.54) is 29.3 Å². The average Bonchev–Trinajstić information content (AvgIpc) is 2.50. The number of thioether (sulfide) groups is 1. The molecule has 7 nitrogen and oxygen atoms in total. The smallest absolute Gasteiger partial charge is 0.335 e. The minimum absolute atomic E-state index is 0.152. The van der Waals surface area contributed by atoms with Crippen LogP contribution in [-0.2, 0) is 4.79 Å². The van der Waals surface area contributed by atoms with Gasteiger partial charge in [-0.1, -0.05) is 25.6 Å². The van der Waals surface area contributed by atoms with Crippen LogP contribution in [-0.4, -0.2) is 28.3 Å². The monoisotopic (exact) mass is 298 g/mol. The molecule has 110 valence electrons. The maximum atomic E-state index is 10.7. The summed E-state index contributed by atoms with van der Waals surface area (Å²) < 4.78 is 0. The van der Waals surface area contributed by atoms with Crippen LogP contribution in [0.15, 0.2) is 29.4 Å². The number of benzene rings is 1. The van der Waals surface area contributed by atoms with E-state index in [2.05, 4.69) is 5.10 Å². The number of carbonyl (C=O) groups excluding carboxylic acids is 1. The fourth-order valence-electron chi connectivity index (χ4n) is 1.15. The zero-order valence-corrected chi connectivity index (χ0v) is 12.1. The molecule has 0 radical (unpaired) electrons. The number of hydrazone groups is 1. The van der Waals surface area contributed by atoms with Crippen molar-refractivity contribution in [2.24, 2.45) is 16.8 Å². The summed E-state index contributed by atoms with van der Waals surface area (Å²) in [6.07, 6.45) is 0.706. The molecule has 0 aromatic heterocycles. The van der Waals surface area contributed by atoms with Crippen molar-refractivity contribution in [3.8, 4) is 0 Å². The SMILES string of the molecule is CC.N/N=C(/SCC=O)N(N)c1ccc(C(=O)O)cc1. The van der Waals surface area contributed by atoms with Gasteiger partial charge < -0.3 is 15.7 Å². The lowest BCUT2D eigenvalue weighted by atomic mass is 10.2. The molecule has 0 aliphatic carbocycles. The summed E-state index contributed by atoms with van der Waals surface area (Å²) in [7, 11) is 0. The Morgan fingerprint density at radius 3 is 2.35 bits per heavy atom. The van der Waals surface area contributed by atoms with Crippen LogP contribution in [0.5, 0.6) is 0 Å². The van der Waals surface area contributed by atoms with E-state index in [0.29, 0.717) is 12.0 Å². The first-order valence-electron chi connectivity index (χ1n) is 5.82. The number of hydrazine groups is 1. The molecule has 0 amide bonds. The summed E-state index contributed by atoms with van der Waals surface area (Å²) >= 11 is 1.08. The van der Waals surface area contributed by atoms with Crippen molar-refractivity contribution in [2.75, 3.05) is 10.8 Å². The lowest BCUT2D eigenvalue weighted by Crippen LogP contribution is -2.36. The number of rotatable bonds is 4. The molecule has 0 heterocycles. The number of aromatic carboxylic acids is 1. The van der Waals surface area contributed by atoms with Gasteiger partial charge in [0.05, 0.1) is 17.0 Å². The van der Waals surface area contributed by atoms with Gasteiger partial charge in [0, 0.05) is 0 Å². The third kappa shape index (κ3) is 5.29. The molecule has 1 aromatic rings. The van der Waals surface area contributed by atoms with Crippen LogP contribution in [0.4, 0.5) is 5.69 Å². The number of carboxylic acid groups (broad SMARTS) is 1. The van der Waals surface area contributed by atoms with Gasteiger partial charge in [-0.2, -0.15) is 5.10 Å². The summed E-state index contributed by atoms with van der Waals surface area (Å²) in [5.41, 5.74) is 0.668. The summed E-state index contributed by atoms with van der Waals surface area (Å²) in [6.45, 7) is 4.00. The number of carbonyl (C=O) groups is 2. The number of anilines is 1.